The highest BCUT2D eigenvalue weighted by molar-refractivity contribution is 6.17. The molecule has 0 radical (unpaired) electrons. The molecule has 0 spiro atoms. The third kappa shape index (κ3) is 3.48. The number of rotatable bonds is 4. The van der Waals surface area contributed by atoms with Crippen molar-refractivity contribution >= 4 is 45.4 Å². The number of carbonyl (C=O) groups is 2. The van der Waals surface area contributed by atoms with E-state index in [0.29, 0.717) is 31.0 Å². The molecule has 0 aliphatic carbocycles. The number of nitrogens with one attached hydrogen (secondary N) is 3. The maximum absolute atomic E-state index is 13.2. The lowest BCUT2D eigenvalue weighted by Gasteiger charge is -2.24. The Balaban J connectivity index is 1.39. The summed E-state index contributed by atoms with van der Waals surface area (Å²) in [6, 6.07) is 12.7. The number of aromatic nitrogens is 3. The first kappa shape index (κ1) is 20.4. The monoisotopic (exact) mass is 457 g/mol. The number of hydrogen-bond donors (Lipinski definition) is 4. The van der Waals surface area contributed by atoms with Gasteiger partial charge in [-0.3, -0.25) is 20.0 Å². The van der Waals surface area contributed by atoms with Crippen LogP contribution in [0.1, 0.15) is 18.0 Å². The fourth-order valence-electron chi connectivity index (χ4n) is 4.71. The van der Waals surface area contributed by atoms with Crippen LogP contribution >= 0.6 is 0 Å². The van der Waals surface area contributed by atoms with Crippen LogP contribution in [0.15, 0.2) is 60.0 Å². The van der Waals surface area contributed by atoms with Gasteiger partial charge in [0.25, 0.3) is 0 Å². The third-order valence-electron chi connectivity index (χ3n) is 6.45. The molecule has 10 nitrogen and oxygen atoms in total. The number of hydrogen-bond acceptors (Lipinski definition) is 5. The lowest BCUT2D eigenvalue weighted by Crippen LogP contribution is -2.32. The van der Waals surface area contributed by atoms with Gasteiger partial charge in [-0.15, -0.1) is 0 Å². The van der Waals surface area contributed by atoms with E-state index in [1.807, 2.05) is 48.7 Å². The second-order valence-corrected chi connectivity index (χ2v) is 8.61. The molecule has 0 saturated carbocycles. The maximum Gasteiger partial charge on any atom is 0.328 e. The molecule has 4 heterocycles. The van der Waals surface area contributed by atoms with E-state index in [1.165, 1.54) is 0 Å². The molecule has 2 saturated heterocycles. The van der Waals surface area contributed by atoms with Gasteiger partial charge in [0.1, 0.15) is 18.4 Å². The number of carbonyl (C=O) groups excluding carboxylic acids is 2. The molecule has 4 aromatic rings. The smallest absolute Gasteiger partial charge is 0.328 e. The van der Waals surface area contributed by atoms with Crippen LogP contribution in [0.3, 0.4) is 0 Å². The minimum absolute atomic E-state index is 0.0997. The predicted molar refractivity (Wildman–Crippen MR) is 128 cm³/mol. The number of fused-ring (bicyclic) bond motifs is 2. The minimum atomic E-state index is -0.528. The molecule has 3 amide bonds. The molecule has 0 bridgehead atoms. The van der Waals surface area contributed by atoms with Crippen molar-refractivity contribution in [1.29, 1.82) is 0 Å². The summed E-state index contributed by atoms with van der Waals surface area (Å²) >= 11 is 0. The molecule has 2 aromatic carbocycles. The molecule has 2 unspecified atom stereocenters. The van der Waals surface area contributed by atoms with Gasteiger partial charge in [0.05, 0.1) is 23.5 Å². The zero-order chi connectivity index (χ0) is 23.2. The molecule has 4 N–H and O–H groups in total. The van der Waals surface area contributed by atoms with Crippen molar-refractivity contribution in [3.05, 3.63) is 60.6 Å². The number of aliphatic hydroxyl groups is 1. The average Bonchev–Trinajstić information content (AvgIpc) is 3.62. The van der Waals surface area contributed by atoms with Gasteiger partial charge in [0.2, 0.25) is 5.91 Å². The molecular weight excluding hydrogens is 434 g/mol. The Hall–Kier alpha value is -4.18. The van der Waals surface area contributed by atoms with Gasteiger partial charge in [-0.1, -0.05) is 6.07 Å². The average molecular weight is 457 g/mol. The van der Waals surface area contributed by atoms with Crippen LogP contribution in [-0.4, -0.2) is 68.5 Å². The van der Waals surface area contributed by atoms with Crippen molar-refractivity contribution in [1.82, 2.24) is 25.2 Å². The van der Waals surface area contributed by atoms with Crippen molar-refractivity contribution in [2.75, 3.05) is 24.5 Å². The third-order valence-corrected chi connectivity index (χ3v) is 6.45. The Bertz CT molecular complexity index is 1440. The van der Waals surface area contributed by atoms with E-state index in [4.69, 9.17) is 0 Å². The molecule has 2 aliphatic rings. The van der Waals surface area contributed by atoms with Crippen LogP contribution in [0.4, 0.5) is 10.5 Å². The van der Waals surface area contributed by atoms with Gasteiger partial charge >= 0.3 is 6.03 Å². The van der Waals surface area contributed by atoms with Gasteiger partial charge in [-0.2, -0.15) is 0 Å². The molecular formula is C24H23N7O3. The number of amides is 3. The standard InChI is InChI=1S/C24H23N7O3/c32-17-6-8-30(12-17)21(33)11-26-23-22(15-1-3-18-14(9-15)5-7-25-18)31(24(34)29-23)16-2-4-19-20(10-16)28-13-27-19/h1-5,7,9-10,13,17,22,25,32H,6,8,11-12H2,(H,27,28)(H,26,29,34). The molecule has 34 heavy (non-hydrogen) atoms. The largest absolute Gasteiger partial charge is 0.391 e. The van der Waals surface area contributed by atoms with E-state index >= 15 is 0 Å². The predicted octanol–water partition coefficient (Wildman–Crippen LogP) is 2.31. The van der Waals surface area contributed by atoms with E-state index < -0.39 is 12.1 Å². The first-order chi connectivity index (χ1) is 16.6. The Morgan fingerprint density at radius 3 is 2.88 bits per heavy atom. The first-order valence-corrected chi connectivity index (χ1v) is 11.2. The summed E-state index contributed by atoms with van der Waals surface area (Å²) in [5.41, 5.74) is 4.16. The van der Waals surface area contributed by atoms with Crippen LogP contribution in [0.5, 0.6) is 0 Å². The molecule has 2 atom stereocenters. The maximum atomic E-state index is 13.2. The van der Waals surface area contributed by atoms with Crippen molar-refractivity contribution in [3.63, 3.8) is 0 Å². The summed E-state index contributed by atoms with van der Waals surface area (Å²) in [6.45, 7) is 0.734. The molecule has 2 fully saturated rings. The highest BCUT2D eigenvalue weighted by Crippen LogP contribution is 2.34. The second kappa shape index (κ2) is 7.99. The Kier molecular flexibility index (Phi) is 4.80. The lowest BCUT2D eigenvalue weighted by atomic mass is 10.0. The van der Waals surface area contributed by atoms with Crippen LogP contribution in [0.25, 0.3) is 21.9 Å². The summed E-state index contributed by atoms with van der Waals surface area (Å²) in [4.78, 5) is 44.2. The number of amidine groups is 1. The number of β-amino-alcohol motifs (C(OH)–C–C–N with tert-alkyl or cyclic N) is 1. The van der Waals surface area contributed by atoms with Gasteiger partial charge in [-0.05, 0) is 53.8 Å². The second-order valence-electron chi connectivity index (χ2n) is 8.61. The minimum Gasteiger partial charge on any atom is -0.391 e. The first-order valence-electron chi connectivity index (χ1n) is 11.2. The number of aliphatic imine (C=N–C) groups is 1. The summed E-state index contributed by atoms with van der Waals surface area (Å²) < 4.78 is 0. The van der Waals surface area contributed by atoms with Crippen molar-refractivity contribution in [2.24, 2.45) is 4.99 Å². The summed E-state index contributed by atoms with van der Waals surface area (Å²) in [6.07, 6.45) is 3.57. The van der Waals surface area contributed by atoms with Crippen molar-refractivity contribution in [3.8, 4) is 0 Å². The van der Waals surface area contributed by atoms with Crippen LogP contribution < -0.4 is 10.2 Å². The molecule has 2 aliphatic heterocycles. The summed E-state index contributed by atoms with van der Waals surface area (Å²) in [5, 5.41) is 13.6. The van der Waals surface area contributed by atoms with Crippen molar-refractivity contribution < 1.29 is 14.7 Å². The summed E-state index contributed by atoms with van der Waals surface area (Å²) in [5.74, 6) is 0.240. The Labute approximate surface area is 194 Å². The van der Waals surface area contributed by atoms with Gasteiger partial charge in [-0.25, -0.2) is 9.78 Å². The number of aromatic amines is 2. The zero-order valence-electron chi connectivity index (χ0n) is 18.2. The normalized spacial score (nSPS) is 21.8. The van der Waals surface area contributed by atoms with E-state index in [1.54, 1.807) is 16.1 Å². The zero-order valence-corrected chi connectivity index (χ0v) is 18.2. The van der Waals surface area contributed by atoms with E-state index in [-0.39, 0.29) is 18.5 Å². The quantitative estimate of drug-likeness (QED) is 0.375. The molecule has 2 aromatic heterocycles. The van der Waals surface area contributed by atoms with E-state index in [2.05, 4.69) is 25.3 Å². The fourth-order valence-corrected chi connectivity index (χ4v) is 4.71. The van der Waals surface area contributed by atoms with E-state index in [9.17, 15) is 14.7 Å². The number of aliphatic hydroxyl groups excluding tert-OH is 1. The Morgan fingerprint density at radius 2 is 2.03 bits per heavy atom. The van der Waals surface area contributed by atoms with Crippen LogP contribution in [0.2, 0.25) is 0 Å². The number of likely N-dealkylation sites (tertiary alicyclic amines) is 1. The molecule has 6 rings (SSSR count). The van der Waals surface area contributed by atoms with Gasteiger partial charge < -0.3 is 20.0 Å². The van der Waals surface area contributed by atoms with Crippen LogP contribution in [0, 0.1) is 0 Å². The molecule has 172 valence electrons. The van der Waals surface area contributed by atoms with Gasteiger partial charge in [0, 0.05) is 30.5 Å². The summed E-state index contributed by atoms with van der Waals surface area (Å²) in [7, 11) is 0. The fraction of sp³-hybridized carbons (Fsp3) is 0.250. The lowest BCUT2D eigenvalue weighted by molar-refractivity contribution is -0.128. The SMILES string of the molecule is O=C(CN=C1NC(=O)N(c2ccc3[nH]cnc3c2)C1c1ccc2[nH]ccc2c1)N1CCC(O)C1. The van der Waals surface area contributed by atoms with Crippen molar-refractivity contribution in [2.45, 2.75) is 18.6 Å². The number of benzene rings is 2. The number of anilines is 1. The van der Waals surface area contributed by atoms with Crippen LogP contribution in [-0.2, 0) is 4.79 Å². The molecule has 10 heteroatoms. The number of H-pyrrole nitrogens is 2. The highest BCUT2D eigenvalue weighted by Gasteiger charge is 2.39. The number of urea groups is 1. The van der Waals surface area contributed by atoms with E-state index in [0.717, 1.165) is 27.5 Å². The number of nitrogens with zero attached hydrogens (tertiary/aromatic N) is 4. The Morgan fingerprint density at radius 1 is 1.15 bits per heavy atom. The number of imidazole rings is 1. The van der Waals surface area contributed by atoms with Gasteiger partial charge in [0.15, 0.2) is 0 Å². The topological polar surface area (TPSA) is 130 Å². The highest BCUT2D eigenvalue weighted by atomic mass is 16.3.